The molecule has 19 heavy (non-hydrogen) atoms. The number of benzene rings is 1. The topological polar surface area (TPSA) is 59.3 Å². The van der Waals surface area contributed by atoms with Crippen molar-refractivity contribution in [1.82, 2.24) is 0 Å². The normalized spacial score (nSPS) is 10.5. The molecule has 0 saturated carbocycles. The predicted octanol–water partition coefficient (Wildman–Crippen LogP) is 3.02. The summed E-state index contributed by atoms with van der Waals surface area (Å²) in [4.78, 5) is 22.9. The van der Waals surface area contributed by atoms with E-state index in [-0.39, 0.29) is 5.91 Å². The fourth-order valence-electron chi connectivity index (χ4n) is 1.80. The van der Waals surface area contributed by atoms with Gasteiger partial charge in [0.1, 0.15) is 6.26 Å². The van der Waals surface area contributed by atoms with E-state index in [9.17, 15) is 9.59 Å². The van der Waals surface area contributed by atoms with E-state index in [4.69, 9.17) is 0 Å². The maximum Gasteiger partial charge on any atom is 0.335 e. The van der Waals surface area contributed by atoms with Gasteiger partial charge in [0, 0.05) is 11.8 Å². The molecule has 1 N–H and O–H groups in total. The summed E-state index contributed by atoms with van der Waals surface area (Å²) < 4.78 is 4.68. The Kier molecular flexibility index (Phi) is 3.80. The number of rotatable bonds is 3. The monoisotopic (exact) mass is 257 g/mol. The van der Waals surface area contributed by atoms with Crippen LogP contribution in [0.1, 0.15) is 35.7 Å². The maximum atomic E-state index is 12.0. The van der Waals surface area contributed by atoms with Gasteiger partial charge in [-0.25, -0.2) is 4.79 Å². The highest BCUT2D eigenvalue weighted by atomic mass is 16.4. The summed E-state index contributed by atoms with van der Waals surface area (Å²) in [7, 11) is 0. The molecule has 0 atom stereocenters. The summed E-state index contributed by atoms with van der Waals surface area (Å²) in [5.74, 6) is 0.0158. The first-order chi connectivity index (χ1) is 9.08. The lowest BCUT2D eigenvalue weighted by atomic mass is 10.0. The molecule has 1 aromatic carbocycles. The van der Waals surface area contributed by atoms with Crippen molar-refractivity contribution in [3.63, 3.8) is 0 Å². The predicted molar refractivity (Wildman–Crippen MR) is 73.5 cm³/mol. The minimum absolute atomic E-state index is 0.295. The van der Waals surface area contributed by atoms with Crippen LogP contribution >= 0.6 is 0 Å². The minimum Gasteiger partial charge on any atom is -0.430 e. The van der Waals surface area contributed by atoms with Crippen molar-refractivity contribution in [3.8, 4) is 0 Å². The van der Waals surface area contributed by atoms with Crippen molar-refractivity contribution in [3.05, 3.63) is 64.2 Å². The molecule has 4 heteroatoms. The van der Waals surface area contributed by atoms with E-state index >= 15 is 0 Å². The Labute approximate surface area is 111 Å². The van der Waals surface area contributed by atoms with Gasteiger partial charge >= 0.3 is 5.63 Å². The molecular weight excluding hydrogens is 242 g/mol. The molecule has 0 saturated heterocycles. The summed E-state index contributed by atoms with van der Waals surface area (Å²) in [5.41, 5.74) is 1.68. The Bertz CT molecular complexity index is 623. The smallest absolute Gasteiger partial charge is 0.335 e. The van der Waals surface area contributed by atoms with Crippen LogP contribution in [0.5, 0.6) is 0 Å². The highest BCUT2D eigenvalue weighted by Crippen LogP contribution is 2.24. The van der Waals surface area contributed by atoms with Crippen molar-refractivity contribution in [2.75, 3.05) is 5.32 Å². The van der Waals surface area contributed by atoms with Gasteiger partial charge in [0.15, 0.2) is 0 Å². The number of carbonyl (C=O) groups excluding carboxylic acids is 1. The number of para-hydroxylation sites is 1. The number of nitrogens with one attached hydrogen (secondary N) is 1. The van der Waals surface area contributed by atoms with E-state index in [2.05, 4.69) is 23.6 Å². The van der Waals surface area contributed by atoms with E-state index in [1.807, 2.05) is 24.3 Å². The number of amides is 1. The first kappa shape index (κ1) is 13.1. The van der Waals surface area contributed by atoms with Gasteiger partial charge in [0.05, 0.1) is 5.56 Å². The molecular formula is C15H15NO3. The standard InChI is InChI=1S/C15H15NO3/c1-10(2)12-5-3-4-6-13(12)16-15(18)11-7-8-14(17)19-9-11/h3-10H,1-2H3,(H,16,18). The van der Waals surface area contributed by atoms with Crippen LogP contribution in [0.4, 0.5) is 5.69 Å². The molecule has 2 rings (SSSR count). The second-order valence-corrected chi connectivity index (χ2v) is 4.54. The lowest BCUT2D eigenvalue weighted by Crippen LogP contribution is -2.14. The van der Waals surface area contributed by atoms with E-state index in [1.54, 1.807) is 0 Å². The van der Waals surface area contributed by atoms with Gasteiger partial charge in [-0.05, 0) is 23.6 Å². The van der Waals surface area contributed by atoms with E-state index < -0.39 is 5.63 Å². The average Bonchev–Trinajstić information content (AvgIpc) is 2.39. The van der Waals surface area contributed by atoms with Gasteiger partial charge in [-0.15, -0.1) is 0 Å². The lowest BCUT2D eigenvalue weighted by molar-refractivity contribution is 0.102. The van der Waals surface area contributed by atoms with Gasteiger partial charge in [0.2, 0.25) is 0 Å². The van der Waals surface area contributed by atoms with Crippen LogP contribution in [0.3, 0.4) is 0 Å². The fraction of sp³-hybridized carbons (Fsp3) is 0.200. The van der Waals surface area contributed by atoms with Crippen LogP contribution < -0.4 is 10.9 Å². The molecule has 0 unspecified atom stereocenters. The quantitative estimate of drug-likeness (QED) is 0.919. The van der Waals surface area contributed by atoms with Gasteiger partial charge in [0.25, 0.3) is 5.91 Å². The molecule has 0 fully saturated rings. The summed E-state index contributed by atoms with van der Waals surface area (Å²) in [6, 6.07) is 10.3. The molecule has 0 aliphatic carbocycles. The zero-order chi connectivity index (χ0) is 13.8. The third-order valence-electron chi connectivity index (χ3n) is 2.79. The summed E-state index contributed by atoms with van der Waals surface area (Å²) in [6.45, 7) is 4.12. The Morgan fingerprint density at radius 1 is 1.16 bits per heavy atom. The largest absolute Gasteiger partial charge is 0.430 e. The van der Waals surface area contributed by atoms with Crippen LogP contribution in [0.15, 0.2) is 51.9 Å². The molecule has 1 aromatic heterocycles. The summed E-state index contributed by atoms with van der Waals surface area (Å²) >= 11 is 0. The molecule has 98 valence electrons. The van der Waals surface area contributed by atoms with Gasteiger partial charge < -0.3 is 9.73 Å². The molecule has 0 bridgehead atoms. The highest BCUT2D eigenvalue weighted by molar-refractivity contribution is 6.04. The average molecular weight is 257 g/mol. The SMILES string of the molecule is CC(C)c1ccccc1NC(=O)c1ccc(=O)oc1. The van der Waals surface area contributed by atoms with Crippen molar-refractivity contribution in [2.24, 2.45) is 0 Å². The Morgan fingerprint density at radius 2 is 1.89 bits per heavy atom. The van der Waals surface area contributed by atoms with Crippen molar-refractivity contribution < 1.29 is 9.21 Å². The van der Waals surface area contributed by atoms with Crippen LogP contribution in [0.25, 0.3) is 0 Å². The second kappa shape index (κ2) is 5.52. The van der Waals surface area contributed by atoms with Crippen molar-refractivity contribution in [2.45, 2.75) is 19.8 Å². The van der Waals surface area contributed by atoms with Gasteiger partial charge in [-0.3, -0.25) is 4.79 Å². The fourth-order valence-corrected chi connectivity index (χ4v) is 1.80. The van der Waals surface area contributed by atoms with Crippen LogP contribution in [0.2, 0.25) is 0 Å². The Morgan fingerprint density at radius 3 is 2.53 bits per heavy atom. The second-order valence-electron chi connectivity index (χ2n) is 4.54. The van der Waals surface area contributed by atoms with Gasteiger partial charge in [-0.2, -0.15) is 0 Å². The molecule has 1 amide bonds. The molecule has 0 aliphatic heterocycles. The highest BCUT2D eigenvalue weighted by Gasteiger charge is 2.11. The molecule has 0 spiro atoms. The van der Waals surface area contributed by atoms with Crippen LogP contribution in [0, 0.1) is 0 Å². The first-order valence-electron chi connectivity index (χ1n) is 6.07. The molecule has 0 aliphatic rings. The number of carbonyl (C=O) groups is 1. The molecule has 0 radical (unpaired) electrons. The van der Waals surface area contributed by atoms with Crippen molar-refractivity contribution >= 4 is 11.6 Å². The zero-order valence-corrected chi connectivity index (χ0v) is 10.8. The number of hydrogen-bond donors (Lipinski definition) is 1. The zero-order valence-electron chi connectivity index (χ0n) is 10.8. The van der Waals surface area contributed by atoms with Crippen LogP contribution in [-0.4, -0.2) is 5.91 Å². The summed E-state index contributed by atoms with van der Waals surface area (Å²) in [6.07, 6.45) is 1.16. The summed E-state index contributed by atoms with van der Waals surface area (Å²) in [5, 5.41) is 2.83. The number of hydrogen-bond acceptors (Lipinski definition) is 3. The number of anilines is 1. The lowest BCUT2D eigenvalue weighted by Gasteiger charge is -2.13. The van der Waals surface area contributed by atoms with E-state index in [0.717, 1.165) is 17.5 Å². The maximum absolute atomic E-state index is 12.0. The van der Waals surface area contributed by atoms with Crippen molar-refractivity contribution in [1.29, 1.82) is 0 Å². The minimum atomic E-state index is -0.473. The third-order valence-corrected chi connectivity index (χ3v) is 2.79. The molecule has 4 nitrogen and oxygen atoms in total. The first-order valence-corrected chi connectivity index (χ1v) is 6.07. The third kappa shape index (κ3) is 3.10. The van der Waals surface area contributed by atoms with E-state index in [0.29, 0.717) is 11.5 Å². The van der Waals surface area contributed by atoms with Crippen LogP contribution in [-0.2, 0) is 0 Å². The molecule has 2 aromatic rings. The Balaban J connectivity index is 2.24. The van der Waals surface area contributed by atoms with Gasteiger partial charge in [-0.1, -0.05) is 32.0 Å². The Hall–Kier alpha value is -2.36. The molecule has 1 heterocycles. The van der Waals surface area contributed by atoms with E-state index in [1.165, 1.54) is 12.1 Å².